The van der Waals surface area contributed by atoms with Gasteiger partial charge in [0.15, 0.2) is 0 Å². The van der Waals surface area contributed by atoms with Crippen LogP contribution in [0.25, 0.3) is 0 Å². The maximum Gasteiger partial charge on any atom is 0.279 e. The van der Waals surface area contributed by atoms with Crippen molar-refractivity contribution < 1.29 is 8.42 Å². The number of nitrogens with one attached hydrogen (secondary N) is 1. The summed E-state index contributed by atoms with van der Waals surface area (Å²) in [4.78, 5) is 0. The highest BCUT2D eigenvalue weighted by Crippen LogP contribution is 2.29. The molecule has 0 radical (unpaired) electrons. The molecule has 1 aliphatic carbocycles. The van der Waals surface area contributed by atoms with Gasteiger partial charge in [-0.05, 0) is 12.8 Å². The smallest absolute Gasteiger partial charge is 0.201 e. The van der Waals surface area contributed by atoms with E-state index in [0.717, 1.165) is 12.8 Å². The van der Waals surface area contributed by atoms with Crippen molar-refractivity contribution in [3.8, 4) is 0 Å². The zero-order chi connectivity index (χ0) is 7.19. The quantitative estimate of drug-likeness (QED) is 0.554. The van der Waals surface area contributed by atoms with Crippen molar-refractivity contribution >= 4 is 10.2 Å². The fraction of sp³-hybridized carbons (Fsp3) is 1.00. The monoisotopic (exact) mass is 162 g/mol. The van der Waals surface area contributed by atoms with Crippen LogP contribution in [-0.4, -0.2) is 31.9 Å². The molecule has 1 heterocycles. The maximum absolute atomic E-state index is 11.1. The predicted octanol–water partition coefficient (Wildman–Crippen LogP) is -0.701. The van der Waals surface area contributed by atoms with Gasteiger partial charge in [-0.2, -0.15) is 12.7 Å². The molecule has 5 heteroatoms. The van der Waals surface area contributed by atoms with Crippen LogP contribution in [0.5, 0.6) is 0 Å². The summed E-state index contributed by atoms with van der Waals surface area (Å²) >= 11 is 0. The van der Waals surface area contributed by atoms with E-state index in [9.17, 15) is 8.42 Å². The highest BCUT2D eigenvalue weighted by molar-refractivity contribution is 7.87. The molecule has 0 aromatic heterocycles. The van der Waals surface area contributed by atoms with Crippen molar-refractivity contribution in [2.24, 2.45) is 0 Å². The molecule has 0 amide bonds. The first-order chi connectivity index (χ1) is 4.70. The maximum atomic E-state index is 11.1. The molecule has 0 spiro atoms. The summed E-state index contributed by atoms with van der Waals surface area (Å²) in [6.45, 7) is 1.24. The fourth-order valence-corrected chi connectivity index (χ4v) is 2.68. The van der Waals surface area contributed by atoms with E-state index < -0.39 is 10.2 Å². The van der Waals surface area contributed by atoms with Crippen molar-refractivity contribution in [2.75, 3.05) is 13.1 Å². The Labute approximate surface area is 60.4 Å². The van der Waals surface area contributed by atoms with Gasteiger partial charge < -0.3 is 0 Å². The lowest BCUT2D eigenvalue weighted by Crippen LogP contribution is -2.31. The molecule has 1 N–H and O–H groups in total. The van der Waals surface area contributed by atoms with Gasteiger partial charge in [0.25, 0.3) is 10.2 Å². The molecule has 58 valence electrons. The van der Waals surface area contributed by atoms with E-state index >= 15 is 0 Å². The van der Waals surface area contributed by atoms with Crippen LogP contribution in [0, 0.1) is 0 Å². The number of hydrogen-bond donors (Lipinski definition) is 1. The SMILES string of the molecule is O=S1(=O)NCCN1C1CC1. The van der Waals surface area contributed by atoms with Crippen LogP contribution in [0.4, 0.5) is 0 Å². The zero-order valence-corrected chi connectivity index (χ0v) is 6.39. The van der Waals surface area contributed by atoms with Crippen LogP contribution in [0.15, 0.2) is 0 Å². The van der Waals surface area contributed by atoms with Crippen LogP contribution in [-0.2, 0) is 10.2 Å². The lowest BCUT2D eigenvalue weighted by molar-refractivity contribution is 0.443. The summed E-state index contributed by atoms with van der Waals surface area (Å²) in [6.07, 6.45) is 2.09. The standard InChI is InChI=1S/C5H10N2O2S/c8-10(9)6-3-4-7(10)5-1-2-5/h5-6H,1-4H2. The minimum Gasteiger partial charge on any atom is -0.201 e. The summed E-state index contributed by atoms with van der Waals surface area (Å²) < 4.78 is 26.1. The molecule has 1 aliphatic heterocycles. The van der Waals surface area contributed by atoms with Crippen LogP contribution in [0.1, 0.15) is 12.8 Å². The van der Waals surface area contributed by atoms with E-state index in [-0.39, 0.29) is 0 Å². The summed E-state index contributed by atoms with van der Waals surface area (Å²) in [5.41, 5.74) is 0. The van der Waals surface area contributed by atoms with Gasteiger partial charge in [-0.3, -0.25) is 0 Å². The van der Waals surface area contributed by atoms with E-state index in [2.05, 4.69) is 4.72 Å². The Kier molecular flexibility index (Phi) is 1.27. The van der Waals surface area contributed by atoms with Crippen LogP contribution in [0.3, 0.4) is 0 Å². The average Bonchev–Trinajstić information content (AvgIpc) is 2.58. The summed E-state index contributed by atoms with van der Waals surface area (Å²) in [7, 11) is -3.04. The summed E-state index contributed by atoms with van der Waals surface area (Å²) in [6, 6.07) is 0.319. The van der Waals surface area contributed by atoms with Crippen molar-refractivity contribution in [3.05, 3.63) is 0 Å². The molecule has 0 unspecified atom stereocenters. The molecule has 4 nitrogen and oxygen atoms in total. The number of rotatable bonds is 1. The second-order valence-electron chi connectivity index (χ2n) is 2.74. The van der Waals surface area contributed by atoms with Crippen LogP contribution in [0.2, 0.25) is 0 Å². The van der Waals surface area contributed by atoms with Crippen LogP contribution < -0.4 is 4.72 Å². The fourth-order valence-electron chi connectivity index (χ4n) is 1.23. The molecule has 0 atom stereocenters. The largest absolute Gasteiger partial charge is 0.279 e. The second kappa shape index (κ2) is 1.93. The average molecular weight is 162 g/mol. The molecular formula is C5H10N2O2S. The molecule has 0 aromatic carbocycles. The van der Waals surface area contributed by atoms with Crippen molar-refractivity contribution in [2.45, 2.75) is 18.9 Å². The van der Waals surface area contributed by atoms with E-state index in [1.807, 2.05) is 0 Å². The third-order valence-electron chi connectivity index (χ3n) is 1.88. The first-order valence-corrected chi connectivity index (χ1v) is 4.90. The van der Waals surface area contributed by atoms with E-state index in [4.69, 9.17) is 0 Å². The van der Waals surface area contributed by atoms with Crippen molar-refractivity contribution in [1.29, 1.82) is 0 Å². The molecule has 2 fully saturated rings. The van der Waals surface area contributed by atoms with Crippen LogP contribution >= 0.6 is 0 Å². The third-order valence-corrected chi connectivity index (χ3v) is 3.55. The van der Waals surface area contributed by atoms with E-state index in [1.165, 1.54) is 0 Å². The Hall–Kier alpha value is -0.130. The van der Waals surface area contributed by atoms with Gasteiger partial charge in [0.1, 0.15) is 0 Å². The topological polar surface area (TPSA) is 49.4 Å². The molecule has 2 aliphatic rings. The first kappa shape index (κ1) is 6.57. The molecule has 0 bridgehead atoms. The van der Waals surface area contributed by atoms with E-state index in [1.54, 1.807) is 4.31 Å². The third kappa shape index (κ3) is 0.941. The highest BCUT2D eigenvalue weighted by atomic mass is 32.2. The minimum absolute atomic E-state index is 0.319. The van der Waals surface area contributed by atoms with Gasteiger partial charge in [-0.1, -0.05) is 0 Å². The Morgan fingerprint density at radius 1 is 1.40 bits per heavy atom. The zero-order valence-electron chi connectivity index (χ0n) is 5.58. The summed E-state index contributed by atoms with van der Waals surface area (Å²) in [5, 5.41) is 0. The van der Waals surface area contributed by atoms with Gasteiger partial charge in [0.2, 0.25) is 0 Å². The van der Waals surface area contributed by atoms with Gasteiger partial charge >= 0.3 is 0 Å². The van der Waals surface area contributed by atoms with E-state index in [0.29, 0.717) is 19.1 Å². The molecule has 1 saturated heterocycles. The Balaban J connectivity index is 2.20. The lowest BCUT2D eigenvalue weighted by atomic mass is 10.6. The van der Waals surface area contributed by atoms with Gasteiger partial charge in [-0.25, -0.2) is 4.72 Å². The lowest BCUT2D eigenvalue weighted by Gasteiger charge is -2.10. The molecule has 0 aromatic rings. The van der Waals surface area contributed by atoms with Crippen molar-refractivity contribution in [3.63, 3.8) is 0 Å². The minimum atomic E-state index is -3.04. The first-order valence-electron chi connectivity index (χ1n) is 3.46. The van der Waals surface area contributed by atoms with Gasteiger partial charge in [0.05, 0.1) is 0 Å². The second-order valence-corrected chi connectivity index (χ2v) is 4.45. The number of hydrogen-bond acceptors (Lipinski definition) is 2. The molecule has 10 heavy (non-hydrogen) atoms. The summed E-state index contributed by atoms with van der Waals surface area (Å²) in [5.74, 6) is 0. The molecule has 2 rings (SSSR count). The number of nitrogens with zero attached hydrogens (tertiary/aromatic N) is 1. The molecular weight excluding hydrogens is 152 g/mol. The van der Waals surface area contributed by atoms with Gasteiger partial charge in [-0.15, -0.1) is 0 Å². The Bertz CT molecular complexity index is 232. The van der Waals surface area contributed by atoms with Crippen molar-refractivity contribution in [1.82, 2.24) is 9.03 Å². The predicted molar refractivity (Wildman–Crippen MR) is 36.7 cm³/mol. The Morgan fingerprint density at radius 3 is 2.50 bits per heavy atom. The highest BCUT2D eigenvalue weighted by Gasteiger charge is 2.39. The normalized spacial score (nSPS) is 32.8. The molecule has 1 saturated carbocycles. The van der Waals surface area contributed by atoms with Gasteiger partial charge in [0, 0.05) is 19.1 Å². The Morgan fingerprint density at radius 2 is 2.10 bits per heavy atom.